The Morgan fingerprint density at radius 1 is 0.857 bits per heavy atom. The number of hydrogen-bond acceptors (Lipinski definition) is 5. The zero-order chi connectivity index (χ0) is 19.1. The average molecular weight is 388 g/mol. The van der Waals surface area contributed by atoms with Gasteiger partial charge >= 0.3 is 0 Å². The van der Waals surface area contributed by atoms with Crippen LogP contribution in [0, 0.1) is 5.82 Å². The van der Waals surface area contributed by atoms with Gasteiger partial charge in [-0.1, -0.05) is 11.6 Å². The molecule has 0 unspecified atom stereocenters. The van der Waals surface area contributed by atoms with Crippen molar-refractivity contribution >= 4 is 33.5 Å². The fourth-order valence-corrected chi connectivity index (χ4v) is 3.38. The van der Waals surface area contributed by atoms with Gasteiger partial charge in [-0.2, -0.15) is 0 Å². The third kappa shape index (κ3) is 2.75. The van der Waals surface area contributed by atoms with E-state index in [9.17, 15) is 4.39 Å². The standard InChI is InChI=1S/C21H11ClFN5/c22-12-3-4-17(23)16(8-12)18-9-15(13-2-1-6-25-21(13)28-18)20-14-5-7-24-10-19(14)26-11-27-20/h1-11H. The first-order chi connectivity index (χ1) is 13.7. The lowest BCUT2D eigenvalue weighted by molar-refractivity contribution is 0.631. The number of fused-ring (bicyclic) bond motifs is 2. The number of nitrogens with zero attached hydrogens (tertiary/aromatic N) is 5. The van der Waals surface area contributed by atoms with E-state index in [2.05, 4.69) is 24.9 Å². The molecule has 0 aliphatic rings. The number of aromatic nitrogens is 5. The third-order valence-electron chi connectivity index (χ3n) is 4.48. The van der Waals surface area contributed by atoms with E-state index in [4.69, 9.17) is 11.6 Å². The van der Waals surface area contributed by atoms with Crippen molar-refractivity contribution in [1.29, 1.82) is 0 Å². The van der Waals surface area contributed by atoms with Crippen LogP contribution in [0.3, 0.4) is 0 Å². The molecule has 0 saturated heterocycles. The van der Waals surface area contributed by atoms with Crippen molar-refractivity contribution in [3.05, 3.63) is 78.2 Å². The predicted molar refractivity (Wildman–Crippen MR) is 106 cm³/mol. The van der Waals surface area contributed by atoms with Crippen molar-refractivity contribution in [2.24, 2.45) is 0 Å². The summed E-state index contributed by atoms with van der Waals surface area (Å²) in [7, 11) is 0. The first-order valence-corrected chi connectivity index (χ1v) is 8.85. The van der Waals surface area contributed by atoms with Gasteiger partial charge < -0.3 is 0 Å². The maximum Gasteiger partial charge on any atom is 0.160 e. The highest BCUT2D eigenvalue weighted by atomic mass is 35.5. The fraction of sp³-hybridized carbons (Fsp3) is 0. The lowest BCUT2D eigenvalue weighted by Crippen LogP contribution is -1.96. The quantitative estimate of drug-likeness (QED) is 0.422. The summed E-state index contributed by atoms with van der Waals surface area (Å²) in [5.74, 6) is -0.408. The van der Waals surface area contributed by atoms with Gasteiger partial charge in [0.15, 0.2) is 5.65 Å². The smallest absolute Gasteiger partial charge is 0.160 e. The molecule has 0 aliphatic carbocycles. The predicted octanol–water partition coefficient (Wildman–Crippen LogP) is 5.09. The van der Waals surface area contributed by atoms with E-state index >= 15 is 0 Å². The SMILES string of the molecule is Fc1ccc(Cl)cc1-c1cc(-c2ncnc3cnccc23)c2cccnc2n1. The second-order valence-electron chi connectivity index (χ2n) is 6.17. The summed E-state index contributed by atoms with van der Waals surface area (Å²) >= 11 is 6.08. The highest BCUT2D eigenvalue weighted by Crippen LogP contribution is 2.34. The monoisotopic (exact) mass is 387 g/mol. The Labute approximate surface area is 163 Å². The summed E-state index contributed by atoms with van der Waals surface area (Å²) in [6, 6.07) is 11.8. The molecule has 0 aliphatic heterocycles. The molecule has 0 bridgehead atoms. The highest BCUT2D eigenvalue weighted by molar-refractivity contribution is 6.30. The molecule has 134 valence electrons. The summed E-state index contributed by atoms with van der Waals surface area (Å²) in [5.41, 5.74) is 3.44. The van der Waals surface area contributed by atoms with Crippen LogP contribution in [0.15, 0.2) is 67.4 Å². The van der Waals surface area contributed by atoms with E-state index in [1.807, 2.05) is 18.2 Å². The number of pyridine rings is 3. The second-order valence-corrected chi connectivity index (χ2v) is 6.61. The van der Waals surface area contributed by atoms with Crippen LogP contribution >= 0.6 is 11.6 Å². The summed E-state index contributed by atoms with van der Waals surface area (Å²) in [6.45, 7) is 0. The molecule has 4 aromatic heterocycles. The van der Waals surface area contributed by atoms with E-state index in [1.165, 1.54) is 18.5 Å². The first kappa shape index (κ1) is 16.6. The van der Waals surface area contributed by atoms with Gasteiger partial charge in [0.05, 0.1) is 23.1 Å². The average Bonchev–Trinajstić information content (AvgIpc) is 2.74. The van der Waals surface area contributed by atoms with Crippen LogP contribution in [-0.2, 0) is 0 Å². The largest absolute Gasteiger partial charge is 0.262 e. The van der Waals surface area contributed by atoms with Crippen LogP contribution < -0.4 is 0 Å². The van der Waals surface area contributed by atoms with Crippen molar-refractivity contribution < 1.29 is 4.39 Å². The van der Waals surface area contributed by atoms with Crippen LogP contribution in [0.2, 0.25) is 5.02 Å². The molecule has 0 amide bonds. The zero-order valence-electron chi connectivity index (χ0n) is 14.3. The van der Waals surface area contributed by atoms with Crippen molar-refractivity contribution in [2.45, 2.75) is 0 Å². The number of benzene rings is 1. The maximum absolute atomic E-state index is 14.5. The van der Waals surface area contributed by atoms with E-state index < -0.39 is 5.82 Å². The fourth-order valence-electron chi connectivity index (χ4n) is 3.21. The maximum atomic E-state index is 14.5. The molecular weight excluding hydrogens is 377 g/mol. The minimum absolute atomic E-state index is 0.307. The number of hydrogen-bond donors (Lipinski definition) is 0. The topological polar surface area (TPSA) is 64.5 Å². The molecule has 4 heterocycles. The summed E-state index contributed by atoms with van der Waals surface area (Å²) in [4.78, 5) is 21.8. The molecule has 0 saturated carbocycles. The minimum atomic E-state index is -0.408. The Bertz CT molecular complexity index is 1350. The Morgan fingerprint density at radius 2 is 1.79 bits per heavy atom. The molecule has 0 N–H and O–H groups in total. The first-order valence-electron chi connectivity index (χ1n) is 8.47. The Hall–Kier alpha value is -3.51. The highest BCUT2D eigenvalue weighted by Gasteiger charge is 2.16. The molecule has 0 atom stereocenters. The summed E-state index contributed by atoms with van der Waals surface area (Å²) in [5, 5.41) is 2.08. The molecule has 5 aromatic rings. The van der Waals surface area contributed by atoms with Crippen LogP contribution in [0.25, 0.3) is 44.5 Å². The van der Waals surface area contributed by atoms with Crippen LogP contribution in [0.4, 0.5) is 4.39 Å². The normalized spacial score (nSPS) is 11.2. The van der Waals surface area contributed by atoms with Gasteiger partial charge in [-0.05, 0) is 42.5 Å². The molecule has 28 heavy (non-hydrogen) atoms. The molecule has 0 spiro atoms. The minimum Gasteiger partial charge on any atom is -0.262 e. The lowest BCUT2D eigenvalue weighted by Gasteiger charge is -2.11. The molecule has 5 rings (SSSR count). The van der Waals surface area contributed by atoms with Gasteiger partial charge in [0.1, 0.15) is 12.1 Å². The van der Waals surface area contributed by atoms with E-state index in [0.717, 1.165) is 21.9 Å². The van der Waals surface area contributed by atoms with Gasteiger partial charge in [-0.25, -0.2) is 24.3 Å². The summed E-state index contributed by atoms with van der Waals surface area (Å²) < 4.78 is 14.5. The van der Waals surface area contributed by atoms with Gasteiger partial charge in [0, 0.05) is 39.3 Å². The zero-order valence-corrected chi connectivity index (χ0v) is 15.1. The summed E-state index contributed by atoms with van der Waals surface area (Å²) in [6.07, 6.45) is 6.51. The van der Waals surface area contributed by atoms with Gasteiger partial charge in [-0.15, -0.1) is 0 Å². The second kappa shape index (κ2) is 6.58. The number of rotatable bonds is 2. The van der Waals surface area contributed by atoms with Gasteiger partial charge in [0.2, 0.25) is 0 Å². The van der Waals surface area contributed by atoms with E-state index in [0.29, 0.717) is 27.6 Å². The molecular formula is C21H11ClFN5. The molecule has 7 heteroatoms. The molecule has 1 aromatic carbocycles. The molecule has 5 nitrogen and oxygen atoms in total. The van der Waals surface area contributed by atoms with Gasteiger partial charge in [0.25, 0.3) is 0 Å². The van der Waals surface area contributed by atoms with Crippen molar-refractivity contribution in [3.63, 3.8) is 0 Å². The van der Waals surface area contributed by atoms with E-state index in [-0.39, 0.29) is 0 Å². The number of halogens is 2. The van der Waals surface area contributed by atoms with Crippen molar-refractivity contribution in [3.8, 4) is 22.5 Å². The molecule has 0 radical (unpaired) electrons. The Kier molecular flexibility index (Phi) is 3.91. The van der Waals surface area contributed by atoms with Crippen LogP contribution in [0.5, 0.6) is 0 Å². The van der Waals surface area contributed by atoms with Crippen molar-refractivity contribution in [1.82, 2.24) is 24.9 Å². The molecule has 0 fully saturated rings. The van der Waals surface area contributed by atoms with Crippen LogP contribution in [0.1, 0.15) is 0 Å². The lowest BCUT2D eigenvalue weighted by atomic mass is 10.0. The Balaban J connectivity index is 1.87. The van der Waals surface area contributed by atoms with E-state index in [1.54, 1.807) is 30.7 Å². The van der Waals surface area contributed by atoms with Gasteiger partial charge in [-0.3, -0.25) is 4.98 Å². The third-order valence-corrected chi connectivity index (χ3v) is 4.72. The Morgan fingerprint density at radius 3 is 2.71 bits per heavy atom. The van der Waals surface area contributed by atoms with Crippen molar-refractivity contribution in [2.75, 3.05) is 0 Å². The van der Waals surface area contributed by atoms with Crippen LogP contribution in [-0.4, -0.2) is 24.9 Å².